The molecule has 0 radical (unpaired) electrons. The molecule has 3 N–H and O–H groups in total. The van der Waals surface area contributed by atoms with Crippen LogP contribution in [-0.2, 0) is 9.59 Å². The highest BCUT2D eigenvalue weighted by Crippen LogP contribution is 2.67. The van der Waals surface area contributed by atoms with Crippen LogP contribution in [0.25, 0.3) is 0 Å². The molecule has 9 unspecified atom stereocenters. The molecule has 5 nitrogen and oxygen atoms in total. The van der Waals surface area contributed by atoms with Crippen LogP contribution in [0.5, 0.6) is 0 Å². The molecule has 26 heavy (non-hydrogen) atoms. The van der Waals surface area contributed by atoms with Gasteiger partial charge < -0.3 is 20.1 Å². The molecule has 146 valence electrons. The van der Waals surface area contributed by atoms with Crippen molar-refractivity contribution in [1.82, 2.24) is 0 Å². The second kappa shape index (κ2) is 6.39. The maximum absolute atomic E-state index is 12.3. The lowest BCUT2D eigenvalue weighted by molar-refractivity contribution is -0.182. The highest BCUT2D eigenvalue weighted by Gasteiger charge is 2.65. The monoisotopic (exact) mass is 364 g/mol. The van der Waals surface area contributed by atoms with E-state index in [2.05, 4.69) is 6.92 Å². The second-order valence-corrected chi connectivity index (χ2v) is 9.76. The van der Waals surface area contributed by atoms with E-state index < -0.39 is 24.0 Å². The van der Waals surface area contributed by atoms with Crippen LogP contribution in [0.15, 0.2) is 0 Å². The minimum Gasteiger partial charge on any atom is -0.393 e. The molecule has 0 heterocycles. The quantitative estimate of drug-likeness (QED) is 0.663. The Morgan fingerprint density at radius 3 is 2.62 bits per heavy atom. The summed E-state index contributed by atoms with van der Waals surface area (Å²) in [6.07, 6.45) is 6.51. The summed E-state index contributed by atoms with van der Waals surface area (Å²) < 4.78 is 0. The van der Waals surface area contributed by atoms with Crippen molar-refractivity contribution in [1.29, 1.82) is 0 Å². The Kier molecular flexibility index (Phi) is 4.56. The summed E-state index contributed by atoms with van der Waals surface area (Å²) in [7, 11) is 0. The minimum atomic E-state index is -0.794. The molecule has 0 spiro atoms. The van der Waals surface area contributed by atoms with Crippen LogP contribution >= 0.6 is 0 Å². The fourth-order valence-electron chi connectivity index (χ4n) is 7.85. The van der Waals surface area contributed by atoms with Gasteiger partial charge in [-0.2, -0.15) is 0 Å². The number of carbonyl (C=O) groups is 2. The van der Waals surface area contributed by atoms with Crippen molar-refractivity contribution >= 4 is 12.1 Å². The summed E-state index contributed by atoms with van der Waals surface area (Å²) in [6, 6.07) is 0. The Bertz CT molecular complexity index is 591. The van der Waals surface area contributed by atoms with Gasteiger partial charge in [-0.25, -0.2) is 0 Å². The SMILES string of the molecule is CC12CCC(O)CC1CCC1C2C(O)CC2(C=O)C(C(=O)CO)CCC12. The lowest BCUT2D eigenvalue weighted by atomic mass is 9.43. The molecule has 4 saturated carbocycles. The Morgan fingerprint density at radius 1 is 1.15 bits per heavy atom. The molecule has 4 aliphatic rings. The lowest BCUT2D eigenvalue weighted by Gasteiger charge is -2.61. The molecule has 9 atom stereocenters. The smallest absolute Gasteiger partial charge is 0.162 e. The van der Waals surface area contributed by atoms with Crippen LogP contribution in [-0.4, -0.2) is 46.2 Å². The van der Waals surface area contributed by atoms with Gasteiger partial charge in [0.1, 0.15) is 12.9 Å². The normalized spacial score (nSPS) is 53.3. The first kappa shape index (κ1) is 18.6. The number of Topliss-reactive ketones (excluding diaryl/α,β-unsaturated/α-hetero) is 1. The van der Waals surface area contributed by atoms with Gasteiger partial charge in [-0.05, 0) is 80.5 Å². The van der Waals surface area contributed by atoms with Crippen molar-refractivity contribution in [2.75, 3.05) is 6.61 Å². The van der Waals surface area contributed by atoms with Gasteiger partial charge in [0, 0.05) is 11.3 Å². The van der Waals surface area contributed by atoms with Gasteiger partial charge in [0.05, 0.1) is 12.2 Å². The molecule has 0 aromatic heterocycles. The van der Waals surface area contributed by atoms with Crippen LogP contribution in [0.3, 0.4) is 0 Å². The number of aliphatic hydroxyl groups is 3. The number of ketones is 1. The molecule has 0 amide bonds. The van der Waals surface area contributed by atoms with Crippen LogP contribution in [0.4, 0.5) is 0 Å². The number of hydrogen-bond donors (Lipinski definition) is 3. The minimum absolute atomic E-state index is 0.00960. The molecular weight excluding hydrogens is 332 g/mol. The lowest BCUT2D eigenvalue weighted by Crippen LogP contribution is -2.60. The molecule has 4 fully saturated rings. The maximum atomic E-state index is 12.3. The number of hydrogen-bond acceptors (Lipinski definition) is 5. The first-order chi connectivity index (χ1) is 12.4. The van der Waals surface area contributed by atoms with E-state index in [-0.39, 0.29) is 35.1 Å². The first-order valence-electron chi connectivity index (χ1n) is 10.3. The van der Waals surface area contributed by atoms with E-state index in [1.807, 2.05) is 0 Å². The van der Waals surface area contributed by atoms with Crippen molar-refractivity contribution in [3.8, 4) is 0 Å². The van der Waals surface area contributed by atoms with E-state index in [4.69, 9.17) is 0 Å². The van der Waals surface area contributed by atoms with Crippen molar-refractivity contribution in [3.05, 3.63) is 0 Å². The van der Waals surface area contributed by atoms with Gasteiger partial charge in [-0.15, -0.1) is 0 Å². The largest absolute Gasteiger partial charge is 0.393 e. The first-order valence-corrected chi connectivity index (χ1v) is 10.3. The summed E-state index contributed by atoms with van der Waals surface area (Å²) in [6.45, 7) is 1.76. The zero-order valence-electron chi connectivity index (χ0n) is 15.6. The zero-order valence-corrected chi connectivity index (χ0v) is 15.6. The van der Waals surface area contributed by atoms with Gasteiger partial charge in [-0.1, -0.05) is 6.92 Å². The number of carbonyl (C=O) groups excluding carboxylic acids is 2. The van der Waals surface area contributed by atoms with Crippen molar-refractivity contribution in [2.24, 2.45) is 40.4 Å². The molecule has 0 aromatic carbocycles. The van der Waals surface area contributed by atoms with Gasteiger partial charge in [0.2, 0.25) is 0 Å². The van der Waals surface area contributed by atoms with E-state index in [0.29, 0.717) is 18.8 Å². The molecule has 0 saturated heterocycles. The van der Waals surface area contributed by atoms with Crippen molar-refractivity contribution in [3.63, 3.8) is 0 Å². The van der Waals surface area contributed by atoms with Gasteiger partial charge in [0.25, 0.3) is 0 Å². The Balaban J connectivity index is 1.69. The van der Waals surface area contributed by atoms with E-state index in [0.717, 1.165) is 44.8 Å². The molecule has 0 aliphatic heterocycles. The summed E-state index contributed by atoms with van der Waals surface area (Å²) in [5, 5.41) is 30.7. The Labute approximate surface area is 155 Å². The molecule has 0 aromatic rings. The predicted molar refractivity (Wildman–Crippen MR) is 95.1 cm³/mol. The summed E-state index contributed by atoms with van der Waals surface area (Å²) in [4.78, 5) is 24.6. The van der Waals surface area contributed by atoms with E-state index in [1.165, 1.54) is 0 Å². The average Bonchev–Trinajstić information content (AvgIpc) is 3.00. The molecule has 4 aliphatic carbocycles. The van der Waals surface area contributed by atoms with Crippen molar-refractivity contribution < 1.29 is 24.9 Å². The predicted octanol–water partition coefficient (Wildman–Crippen LogP) is 1.72. The van der Waals surface area contributed by atoms with Gasteiger partial charge in [0.15, 0.2) is 5.78 Å². The maximum Gasteiger partial charge on any atom is 0.162 e. The molecule has 5 heteroatoms. The summed E-state index contributed by atoms with van der Waals surface area (Å²) in [5.74, 6) is 0.294. The van der Waals surface area contributed by atoms with Crippen LogP contribution in [0.2, 0.25) is 0 Å². The van der Waals surface area contributed by atoms with Crippen LogP contribution in [0, 0.1) is 40.4 Å². The number of aliphatic hydroxyl groups excluding tert-OH is 3. The Hall–Kier alpha value is -0.780. The topological polar surface area (TPSA) is 94.8 Å². The highest BCUT2D eigenvalue weighted by molar-refractivity contribution is 5.87. The van der Waals surface area contributed by atoms with Crippen molar-refractivity contribution in [2.45, 2.75) is 70.5 Å². The molecule has 0 bridgehead atoms. The fraction of sp³-hybridized carbons (Fsp3) is 0.905. The summed E-state index contributed by atoms with van der Waals surface area (Å²) >= 11 is 0. The average molecular weight is 364 g/mol. The van der Waals surface area contributed by atoms with Crippen LogP contribution < -0.4 is 0 Å². The molecule has 4 rings (SSSR count). The van der Waals surface area contributed by atoms with E-state index >= 15 is 0 Å². The molecular formula is C21H32O5. The second-order valence-electron chi connectivity index (χ2n) is 9.76. The van der Waals surface area contributed by atoms with E-state index in [1.54, 1.807) is 0 Å². The fourth-order valence-corrected chi connectivity index (χ4v) is 7.85. The highest BCUT2D eigenvalue weighted by atomic mass is 16.3. The summed E-state index contributed by atoms with van der Waals surface area (Å²) in [5.41, 5.74) is -0.784. The standard InChI is InChI=1S/C21H32O5/c1-20-7-6-13(24)8-12(20)2-3-14-15-4-5-16(18(26)10-22)21(15,11-23)9-17(25)19(14)20/h11-17,19,22,24-25H,2-10H2,1H3. The van der Waals surface area contributed by atoms with Gasteiger partial charge in [-0.3, -0.25) is 4.79 Å². The van der Waals surface area contributed by atoms with Gasteiger partial charge >= 0.3 is 0 Å². The third kappa shape index (κ3) is 2.39. The third-order valence-corrected chi connectivity index (χ3v) is 8.94. The zero-order chi connectivity index (χ0) is 18.7. The third-order valence-electron chi connectivity index (χ3n) is 8.94. The van der Waals surface area contributed by atoms with Crippen LogP contribution in [0.1, 0.15) is 58.3 Å². The number of fused-ring (bicyclic) bond motifs is 5. The Morgan fingerprint density at radius 2 is 1.92 bits per heavy atom. The van der Waals surface area contributed by atoms with E-state index in [9.17, 15) is 24.9 Å². The number of rotatable bonds is 3. The number of aldehydes is 1.